The third-order valence-corrected chi connectivity index (χ3v) is 3.05. The van der Waals surface area contributed by atoms with Crippen LogP contribution in [0, 0.1) is 12.8 Å². The van der Waals surface area contributed by atoms with E-state index >= 15 is 0 Å². The van der Waals surface area contributed by atoms with E-state index in [2.05, 4.69) is 20.5 Å². The lowest BCUT2D eigenvalue weighted by atomic mass is 10.0. The summed E-state index contributed by atoms with van der Waals surface area (Å²) in [5, 5.41) is 9.74. The molecule has 4 N–H and O–H groups in total. The Kier molecular flexibility index (Phi) is 4.70. The molecule has 0 aliphatic carbocycles. The van der Waals surface area contributed by atoms with Crippen LogP contribution < -0.4 is 11.1 Å². The van der Waals surface area contributed by atoms with E-state index in [0.717, 1.165) is 11.4 Å². The SMILES string of the molecule is Cc1nc(-c2cccc(NC(=O)[C@H](N)CC(C)C)c2)n[nH]1. The second-order valence-electron chi connectivity index (χ2n) is 5.55. The highest BCUT2D eigenvalue weighted by molar-refractivity contribution is 5.95. The van der Waals surface area contributed by atoms with Gasteiger partial charge in [0.25, 0.3) is 0 Å². The van der Waals surface area contributed by atoms with Gasteiger partial charge in [0, 0.05) is 11.3 Å². The lowest BCUT2D eigenvalue weighted by molar-refractivity contribution is -0.117. The predicted octanol–water partition coefficient (Wildman–Crippen LogP) is 2.09. The Morgan fingerprint density at radius 3 is 2.81 bits per heavy atom. The highest BCUT2D eigenvalue weighted by Crippen LogP contribution is 2.19. The fourth-order valence-corrected chi connectivity index (χ4v) is 2.06. The van der Waals surface area contributed by atoms with Crippen molar-refractivity contribution in [1.82, 2.24) is 15.2 Å². The number of nitrogens with zero attached hydrogens (tertiary/aromatic N) is 2. The molecule has 112 valence electrons. The molecular weight excluding hydrogens is 266 g/mol. The molecule has 0 unspecified atom stereocenters. The number of carbonyl (C=O) groups is 1. The Hall–Kier alpha value is -2.21. The Labute approximate surface area is 124 Å². The molecule has 0 spiro atoms. The molecule has 0 saturated carbocycles. The van der Waals surface area contributed by atoms with Crippen LogP contribution in [0.5, 0.6) is 0 Å². The highest BCUT2D eigenvalue weighted by Gasteiger charge is 2.15. The topological polar surface area (TPSA) is 96.7 Å². The molecule has 0 aliphatic heterocycles. The van der Waals surface area contributed by atoms with Crippen LogP contribution in [0.25, 0.3) is 11.4 Å². The Morgan fingerprint density at radius 2 is 2.19 bits per heavy atom. The summed E-state index contributed by atoms with van der Waals surface area (Å²) in [4.78, 5) is 16.3. The van der Waals surface area contributed by atoms with Crippen LogP contribution in [0.2, 0.25) is 0 Å². The van der Waals surface area contributed by atoms with Crippen molar-refractivity contribution < 1.29 is 4.79 Å². The molecular formula is C15H21N5O. The number of nitrogens with two attached hydrogens (primary N) is 1. The first-order valence-electron chi connectivity index (χ1n) is 7.01. The van der Waals surface area contributed by atoms with Crippen LogP contribution >= 0.6 is 0 Å². The lowest BCUT2D eigenvalue weighted by Crippen LogP contribution is -2.36. The molecule has 0 radical (unpaired) electrons. The molecule has 1 amide bonds. The third kappa shape index (κ3) is 4.13. The second-order valence-corrected chi connectivity index (χ2v) is 5.55. The number of aromatic amines is 1. The molecule has 2 rings (SSSR count). The zero-order valence-electron chi connectivity index (χ0n) is 12.6. The van der Waals surface area contributed by atoms with Crippen LogP contribution in [0.3, 0.4) is 0 Å². The maximum atomic E-state index is 12.0. The van der Waals surface area contributed by atoms with E-state index < -0.39 is 6.04 Å². The summed E-state index contributed by atoms with van der Waals surface area (Å²) in [5.74, 6) is 1.56. The zero-order valence-corrected chi connectivity index (χ0v) is 12.6. The number of benzene rings is 1. The van der Waals surface area contributed by atoms with Gasteiger partial charge in [-0.2, -0.15) is 5.10 Å². The summed E-state index contributed by atoms with van der Waals surface area (Å²) in [6, 6.07) is 6.90. The van der Waals surface area contributed by atoms with Gasteiger partial charge in [-0.1, -0.05) is 26.0 Å². The standard InChI is InChI=1S/C15H21N5O/c1-9(2)7-13(16)15(21)18-12-6-4-5-11(8-12)14-17-10(3)19-20-14/h4-6,8-9,13H,7,16H2,1-3H3,(H,18,21)(H,17,19,20)/t13-/m1/s1. The van der Waals surface area contributed by atoms with E-state index in [-0.39, 0.29) is 5.91 Å². The number of amides is 1. The molecule has 0 aliphatic rings. The van der Waals surface area contributed by atoms with Crippen molar-refractivity contribution in [2.45, 2.75) is 33.2 Å². The highest BCUT2D eigenvalue weighted by atomic mass is 16.2. The van der Waals surface area contributed by atoms with Gasteiger partial charge in [-0.05, 0) is 31.4 Å². The van der Waals surface area contributed by atoms with Gasteiger partial charge in [0.15, 0.2) is 5.82 Å². The summed E-state index contributed by atoms with van der Waals surface area (Å²) in [5.41, 5.74) is 7.41. The molecule has 1 atom stereocenters. The summed E-state index contributed by atoms with van der Waals surface area (Å²) in [6.07, 6.45) is 0.658. The van der Waals surface area contributed by atoms with Gasteiger partial charge < -0.3 is 11.1 Å². The Balaban J connectivity index is 2.09. The molecule has 1 heterocycles. The van der Waals surface area contributed by atoms with Crippen molar-refractivity contribution in [2.24, 2.45) is 11.7 Å². The minimum Gasteiger partial charge on any atom is -0.325 e. The number of aryl methyl sites for hydroxylation is 1. The number of carbonyl (C=O) groups excluding carboxylic acids is 1. The smallest absolute Gasteiger partial charge is 0.241 e. The number of H-pyrrole nitrogens is 1. The van der Waals surface area contributed by atoms with Crippen molar-refractivity contribution in [3.8, 4) is 11.4 Å². The maximum absolute atomic E-state index is 12.0. The van der Waals surface area contributed by atoms with E-state index in [9.17, 15) is 4.79 Å². The van der Waals surface area contributed by atoms with Gasteiger partial charge in [0.05, 0.1) is 6.04 Å². The molecule has 1 aromatic carbocycles. The number of hydrogen-bond acceptors (Lipinski definition) is 4. The number of anilines is 1. The summed E-state index contributed by atoms with van der Waals surface area (Å²) >= 11 is 0. The van der Waals surface area contributed by atoms with E-state index in [1.54, 1.807) is 0 Å². The van der Waals surface area contributed by atoms with Gasteiger partial charge in [-0.25, -0.2) is 4.98 Å². The molecule has 21 heavy (non-hydrogen) atoms. The van der Waals surface area contributed by atoms with E-state index in [1.165, 1.54) is 0 Å². The van der Waals surface area contributed by atoms with Crippen LogP contribution in [-0.2, 0) is 4.79 Å². The lowest BCUT2D eigenvalue weighted by Gasteiger charge is -2.14. The van der Waals surface area contributed by atoms with Gasteiger partial charge in [0.1, 0.15) is 5.82 Å². The first-order valence-corrected chi connectivity index (χ1v) is 7.01. The van der Waals surface area contributed by atoms with Crippen molar-refractivity contribution in [1.29, 1.82) is 0 Å². The molecule has 0 fully saturated rings. The zero-order chi connectivity index (χ0) is 15.4. The fraction of sp³-hybridized carbons (Fsp3) is 0.400. The minimum absolute atomic E-state index is 0.174. The van der Waals surface area contributed by atoms with Crippen molar-refractivity contribution >= 4 is 11.6 Å². The maximum Gasteiger partial charge on any atom is 0.241 e. The largest absolute Gasteiger partial charge is 0.325 e. The molecule has 6 nitrogen and oxygen atoms in total. The molecule has 1 aromatic heterocycles. The monoisotopic (exact) mass is 287 g/mol. The number of nitrogens with one attached hydrogen (secondary N) is 2. The quantitative estimate of drug-likeness (QED) is 0.784. The van der Waals surface area contributed by atoms with Crippen LogP contribution in [0.1, 0.15) is 26.1 Å². The molecule has 0 bridgehead atoms. The normalized spacial score (nSPS) is 12.4. The Morgan fingerprint density at radius 1 is 1.43 bits per heavy atom. The summed E-state index contributed by atoms with van der Waals surface area (Å²) in [6.45, 7) is 5.92. The predicted molar refractivity (Wildman–Crippen MR) is 82.6 cm³/mol. The van der Waals surface area contributed by atoms with E-state index in [1.807, 2.05) is 45.0 Å². The molecule has 2 aromatic rings. The van der Waals surface area contributed by atoms with Gasteiger partial charge in [0.2, 0.25) is 5.91 Å². The minimum atomic E-state index is -0.501. The summed E-state index contributed by atoms with van der Waals surface area (Å²) in [7, 11) is 0. The van der Waals surface area contributed by atoms with Crippen molar-refractivity contribution in [2.75, 3.05) is 5.32 Å². The van der Waals surface area contributed by atoms with Crippen molar-refractivity contribution in [3.05, 3.63) is 30.1 Å². The Bertz CT molecular complexity index is 620. The van der Waals surface area contributed by atoms with Crippen LogP contribution in [-0.4, -0.2) is 27.1 Å². The average Bonchev–Trinajstić information content (AvgIpc) is 2.85. The van der Waals surface area contributed by atoms with E-state index in [0.29, 0.717) is 23.9 Å². The summed E-state index contributed by atoms with van der Waals surface area (Å²) < 4.78 is 0. The second kappa shape index (κ2) is 6.49. The molecule has 6 heteroatoms. The third-order valence-electron chi connectivity index (χ3n) is 3.05. The average molecular weight is 287 g/mol. The first-order chi connectivity index (χ1) is 9.95. The van der Waals surface area contributed by atoms with Crippen molar-refractivity contribution in [3.63, 3.8) is 0 Å². The van der Waals surface area contributed by atoms with Gasteiger partial charge in [-0.3, -0.25) is 9.89 Å². The van der Waals surface area contributed by atoms with Crippen LogP contribution in [0.4, 0.5) is 5.69 Å². The van der Waals surface area contributed by atoms with Gasteiger partial charge >= 0.3 is 0 Å². The number of hydrogen-bond donors (Lipinski definition) is 3. The number of rotatable bonds is 5. The van der Waals surface area contributed by atoms with Crippen LogP contribution in [0.15, 0.2) is 24.3 Å². The number of aromatic nitrogens is 3. The van der Waals surface area contributed by atoms with E-state index in [4.69, 9.17) is 5.73 Å². The first kappa shape index (κ1) is 15.2. The molecule has 0 saturated heterocycles. The fourth-order valence-electron chi connectivity index (χ4n) is 2.06. The van der Waals surface area contributed by atoms with Gasteiger partial charge in [-0.15, -0.1) is 0 Å².